The van der Waals surface area contributed by atoms with Crippen LogP contribution in [0.15, 0.2) is 23.8 Å². The molecule has 0 atom stereocenters. The van der Waals surface area contributed by atoms with Crippen molar-refractivity contribution in [3.8, 4) is 0 Å². The van der Waals surface area contributed by atoms with Crippen molar-refractivity contribution in [3.63, 3.8) is 0 Å². The van der Waals surface area contributed by atoms with E-state index in [-0.39, 0.29) is 5.91 Å². The molecule has 0 fully saturated rings. The number of hydrogen-bond donors (Lipinski definition) is 2. The van der Waals surface area contributed by atoms with Crippen molar-refractivity contribution in [2.24, 2.45) is 0 Å². The van der Waals surface area contributed by atoms with Crippen molar-refractivity contribution < 1.29 is 4.79 Å². The van der Waals surface area contributed by atoms with Gasteiger partial charge in [0.15, 0.2) is 0 Å². The summed E-state index contributed by atoms with van der Waals surface area (Å²) in [6, 6.07) is 3.93. The summed E-state index contributed by atoms with van der Waals surface area (Å²) in [5, 5.41) is 11.4. The zero-order chi connectivity index (χ0) is 11.9. The van der Waals surface area contributed by atoms with Gasteiger partial charge in [0, 0.05) is 17.8 Å². The third kappa shape index (κ3) is 3.99. The summed E-state index contributed by atoms with van der Waals surface area (Å²) < 4.78 is 0. The Bertz CT molecular complexity index is 438. The Morgan fingerprint density at radius 2 is 2.47 bits per heavy atom. The van der Waals surface area contributed by atoms with Gasteiger partial charge in [0.25, 0.3) is 0 Å². The monoisotopic (exact) mass is 250 g/mol. The van der Waals surface area contributed by atoms with E-state index in [4.69, 9.17) is 0 Å². The fourth-order valence-corrected chi connectivity index (χ4v) is 2.17. The van der Waals surface area contributed by atoms with E-state index in [2.05, 4.69) is 20.5 Å². The van der Waals surface area contributed by atoms with Crippen LogP contribution >= 0.6 is 11.3 Å². The van der Waals surface area contributed by atoms with E-state index in [9.17, 15) is 4.79 Å². The molecule has 1 amide bonds. The molecule has 2 N–H and O–H groups in total. The second kappa shape index (κ2) is 6.15. The van der Waals surface area contributed by atoms with Gasteiger partial charge < -0.3 is 5.32 Å². The molecule has 0 bridgehead atoms. The number of rotatable bonds is 6. The highest BCUT2D eigenvalue weighted by atomic mass is 32.1. The minimum Gasteiger partial charge on any atom is -0.356 e. The van der Waals surface area contributed by atoms with Gasteiger partial charge in [-0.15, -0.1) is 11.3 Å². The van der Waals surface area contributed by atoms with Crippen LogP contribution in [0.1, 0.15) is 17.1 Å². The molecule has 2 heterocycles. The highest BCUT2D eigenvalue weighted by Crippen LogP contribution is 2.08. The Morgan fingerprint density at radius 3 is 3.18 bits per heavy atom. The number of aromatic amines is 1. The molecule has 2 aromatic rings. The molecule has 0 spiro atoms. The highest BCUT2D eigenvalue weighted by molar-refractivity contribution is 7.10. The Hall–Kier alpha value is -1.69. The Balaban J connectivity index is 1.60. The van der Waals surface area contributed by atoms with Crippen LogP contribution in [0.3, 0.4) is 0 Å². The molecule has 6 heteroatoms. The molecule has 0 aliphatic carbocycles. The molecule has 5 nitrogen and oxygen atoms in total. The van der Waals surface area contributed by atoms with E-state index in [1.54, 1.807) is 11.3 Å². The van der Waals surface area contributed by atoms with E-state index in [0.29, 0.717) is 13.0 Å². The van der Waals surface area contributed by atoms with Crippen LogP contribution in [0.2, 0.25) is 0 Å². The van der Waals surface area contributed by atoms with Crippen molar-refractivity contribution in [1.82, 2.24) is 20.5 Å². The summed E-state index contributed by atoms with van der Waals surface area (Å²) in [5.41, 5.74) is 0. The third-order valence-corrected chi connectivity index (χ3v) is 3.17. The second-order valence-electron chi connectivity index (χ2n) is 3.64. The van der Waals surface area contributed by atoms with Crippen LogP contribution < -0.4 is 5.32 Å². The summed E-state index contributed by atoms with van der Waals surface area (Å²) in [7, 11) is 0. The first kappa shape index (κ1) is 11.8. The van der Waals surface area contributed by atoms with Gasteiger partial charge in [-0.2, -0.15) is 5.10 Å². The molecule has 0 radical (unpaired) electrons. The van der Waals surface area contributed by atoms with Gasteiger partial charge in [0.05, 0.1) is 6.42 Å². The lowest BCUT2D eigenvalue weighted by atomic mass is 10.3. The maximum absolute atomic E-state index is 11.5. The van der Waals surface area contributed by atoms with Gasteiger partial charge in [0.2, 0.25) is 5.91 Å². The Kier molecular flexibility index (Phi) is 4.26. The first-order valence-electron chi connectivity index (χ1n) is 5.48. The number of aryl methyl sites for hydroxylation is 1. The van der Waals surface area contributed by atoms with E-state index in [1.165, 1.54) is 6.33 Å². The average molecular weight is 250 g/mol. The minimum absolute atomic E-state index is 0.0741. The van der Waals surface area contributed by atoms with Crippen LogP contribution in [0.4, 0.5) is 0 Å². The van der Waals surface area contributed by atoms with E-state index in [1.807, 2.05) is 17.5 Å². The lowest BCUT2D eigenvalue weighted by Crippen LogP contribution is -2.26. The number of carbonyl (C=O) groups is 1. The first-order valence-corrected chi connectivity index (χ1v) is 6.36. The standard InChI is InChI=1S/C11H14N4OS/c16-11(7-9-3-2-6-17-9)12-5-1-4-10-13-8-14-15-10/h2-3,6,8H,1,4-5,7H2,(H,12,16)(H,13,14,15). The SMILES string of the molecule is O=C(Cc1cccs1)NCCCc1ncn[nH]1. The average Bonchev–Trinajstić information content (AvgIpc) is 2.96. The first-order chi connectivity index (χ1) is 8.34. The van der Waals surface area contributed by atoms with E-state index in [0.717, 1.165) is 23.5 Å². The molecule has 2 aromatic heterocycles. The van der Waals surface area contributed by atoms with Crippen LogP contribution in [-0.4, -0.2) is 27.6 Å². The largest absolute Gasteiger partial charge is 0.356 e. The zero-order valence-corrected chi connectivity index (χ0v) is 10.2. The molecule has 0 unspecified atom stereocenters. The summed E-state index contributed by atoms with van der Waals surface area (Å²) in [5.74, 6) is 0.933. The molecule has 0 aliphatic heterocycles. The van der Waals surface area contributed by atoms with Crippen LogP contribution in [0.5, 0.6) is 0 Å². The Morgan fingerprint density at radius 1 is 1.53 bits per heavy atom. The molecule has 0 aliphatic rings. The summed E-state index contributed by atoms with van der Waals surface area (Å²) >= 11 is 1.60. The summed E-state index contributed by atoms with van der Waals surface area (Å²) in [6.45, 7) is 0.672. The predicted octanol–water partition coefficient (Wildman–Crippen LogP) is 1.16. The van der Waals surface area contributed by atoms with Gasteiger partial charge >= 0.3 is 0 Å². The van der Waals surface area contributed by atoms with Gasteiger partial charge in [0.1, 0.15) is 12.2 Å². The molecule has 0 aromatic carbocycles. The minimum atomic E-state index is 0.0741. The second-order valence-corrected chi connectivity index (χ2v) is 4.67. The highest BCUT2D eigenvalue weighted by Gasteiger charge is 2.03. The van der Waals surface area contributed by atoms with Crippen molar-refractivity contribution in [3.05, 3.63) is 34.5 Å². The molecular weight excluding hydrogens is 236 g/mol. The molecule has 90 valence electrons. The molecule has 0 saturated carbocycles. The molecule has 2 rings (SSSR count). The Labute approximate surface area is 103 Å². The van der Waals surface area contributed by atoms with Crippen molar-refractivity contribution >= 4 is 17.2 Å². The lowest BCUT2D eigenvalue weighted by Gasteiger charge is -2.02. The zero-order valence-electron chi connectivity index (χ0n) is 9.35. The predicted molar refractivity (Wildman–Crippen MR) is 65.7 cm³/mol. The molecule has 17 heavy (non-hydrogen) atoms. The van der Waals surface area contributed by atoms with Crippen molar-refractivity contribution in [1.29, 1.82) is 0 Å². The number of carbonyl (C=O) groups excluding carboxylic acids is 1. The van der Waals surface area contributed by atoms with Crippen LogP contribution in [0, 0.1) is 0 Å². The van der Waals surface area contributed by atoms with Gasteiger partial charge in [-0.1, -0.05) is 6.07 Å². The molecular formula is C11H14N4OS. The topological polar surface area (TPSA) is 70.7 Å². The quantitative estimate of drug-likeness (QED) is 0.756. The maximum Gasteiger partial charge on any atom is 0.225 e. The number of nitrogens with one attached hydrogen (secondary N) is 2. The number of thiophene rings is 1. The lowest BCUT2D eigenvalue weighted by molar-refractivity contribution is -0.120. The van der Waals surface area contributed by atoms with E-state index < -0.39 is 0 Å². The van der Waals surface area contributed by atoms with Crippen molar-refractivity contribution in [2.45, 2.75) is 19.3 Å². The number of nitrogens with zero attached hydrogens (tertiary/aromatic N) is 2. The summed E-state index contributed by atoms with van der Waals surface area (Å²) in [4.78, 5) is 16.6. The van der Waals surface area contributed by atoms with Gasteiger partial charge in [-0.3, -0.25) is 9.89 Å². The van der Waals surface area contributed by atoms with Crippen LogP contribution in [-0.2, 0) is 17.6 Å². The van der Waals surface area contributed by atoms with E-state index >= 15 is 0 Å². The normalized spacial score (nSPS) is 10.4. The fraction of sp³-hybridized carbons (Fsp3) is 0.364. The number of aromatic nitrogens is 3. The van der Waals surface area contributed by atoms with Gasteiger partial charge in [-0.05, 0) is 17.9 Å². The maximum atomic E-state index is 11.5. The van der Waals surface area contributed by atoms with Gasteiger partial charge in [-0.25, -0.2) is 4.98 Å². The number of hydrogen-bond acceptors (Lipinski definition) is 4. The van der Waals surface area contributed by atoms with Crippen molar-refractivity contribution in [2.75, 3.05) is 6.54 Å². The molecule has 0 saturated heterocycles. The third-order valence-electron chi connectivity index (χ3n) is 2.29. The number of H-pyrrole nitrogens is 1. The number of amides is 1. The van der Waals surface area contributed by atoms with Crippen LogP contribution in [0.25, 0.3) is 0 Å². The summed E-state index contributed by atoms with van der Waals surface area (Å²) in [6.07, 6.45) is 3.63. The smallest absolute Gasteiger partial charge is 0.225 e. The fourth-order valence-electron chi connectivity index (χ4n) is 1.47.